The molecule has 0 saturated heterocycles. The Bertz CT molecular complexity index is 277. The lowest BCUT2D eigenvalue weighted by atomic mass is 10.5. The molecule has 1 N–H and O–H groups in total. The molecule has 1 aromatic heterocycles. The molecule has 0 amide bonds. The quantitative estimate of drug-likeness (QED) is 0.769. The van der Waals surface area contributed by atoms with Crippen molar-refractivity contribution < 1.29 is 4.42 Å². The third-order valence-electron chi connectivity index (χ3n) is 2.05. The number of oxazole rings is 1. The van der Waals surface area contributed by atoms with Crippen molar-refractivity contribution in [1.29, 1.82) is 0 Å². The summed E-state index contributed by atoms with van der Waals surface area (Å²) >= 11 is 1.82. The first-order chi connectivity index (χ1) is 7.27. The monoisotopic (exact) mass is 229 g/mol. The molecule has 86 valence electrons. The zero-order valence-corrected chi connectivity index (χ0v) is 10.4. The number of nitrogens with one attached hydrogen (secondary N) is 1. The molecule has 0 aliphatic carbocycles. The van der Waals surface area contributed by atoms with Crippen LogP contribution in [0.3, 0.4) is 0 Å². The second-order valence-corrected chi connectivity index (χ2v) is 4.30. The fourth-order valence-electron chi connectivity index (χ4n) is 1.13. The third-order valence-corrected chi connectivity index (χ3v) is 2.64. The van der Waals surface area contributed by atoms with Gasteiger partial charge >= 0.3 is 0 Å². The van der Waals surface area contributed by atoms with Gasteiger partial charge in [-0.05, 0) is 12.8 Å². The molecule has 0 aliphatic rings. The summed E-state index contributed by atoms with van der Waals surface area (Å²) in [4.78, 5) is 6.42. The van der Waals surface area contributed by atoms with Crippen LogP contribution in [0.15, 0.2) is 10.7 Å². The van der Waals surface area contributed by atoms with Crippen molar-refractivity contribution in [3.8, 4) is 0 Å². The van der Waals surface area contributed by atoms with Gasteiger partial charge in [0.05, 0.1) is 5.69 Å². The van der Waals surface area contributed by atoms with E-state index < -0.39 is 0 Å². The van der Waals surface area contributed by atoms with Crippen LogP contribution in [0.5, 0.6) is 0 Å². The van der Waals surface area contributed by atoms with Gasteiger partial charge in [0.2, 0.25) is 0 Å². The van der Waals surface area contributed by atoms with E-state index in [2.05, 4.69) is 23.5 Å². The van der Waals surface area contributed by atoms with Crippen LogP contribution in [0.4, 0.5) is 6.01 Å². The molecule has 0 fully saturated rings. The van der Waals surface area contributed by atoms with Crippen molar-refractivity contribution in [3.05, 3.63) is 12.0 Å². The Balaban J connectivity index is 2.43. The molecule has 0 aromatic carbocycles. The van der Waals surface area contributed by atoms with E-state index in [0.717, 1.165) is 31.1 Å². The van der Waals surface area contributed by atoms with E-state index in [1.165, 1.54) is 0 Å². The molecule has 0 aliphatic heterocycles. The molecule has 0 saturated carbocycles. The number of hydrogen-bond donors (Lipinski definition) is 1. The highest BCUT2D eigenvalue weighted by atomic mass is 32.2. The van der Waals surface area contributed by atoms with Gasteiger partial charge in [0.25, 0.3) is 6.01 Å². The maximum absolute atomic E-state index is 5.39. The summed E-state index contributed by atoms with van der Waals surface area (Å²) in [6, 6.07) is 0.706. The van der Waals surface area contributed by atoms with Crippen LogP contribution in [-0.2, 0) is 6.54 Å². The Kier molecular flexibility index (Phi) is 5.57. The Morgan fingerprint density at radius 3 is 3.07 bits per heavy atom. The summed E-state index contributed by atoms with van der Waals surface area (Å²) in [5.74, 6) is 1.08. The summed E-state index contributed by atoms with van der Waals surface area (Å²) in [6.07, 6.45) is 3.81. The van der Waals surface area contributed by atoms with Crippen LogP contribution >= 0.6 is 11.8 Å². The van der Waals surface area contributed by atoms with E-state index in [9.17, 15) is 0 Å². The molecule has 0 unspecified atom stereocenters. The molecule has 5 heteroatoms. The van der Waals surface area contributed by atoms with Gasteiger partial charge in [-0.15, -0.1) is 0 Å². The first-order valence-electron chi connectivity index (χ1n) is 5.13. The minimum absolute atomic E-state index is 0.706. The highest BCUT2D eigenvalue weighted by Gasteiger charge is 2.07. The number of hydrogen-bond acceptors (Lipinski definition) is 5. The smallest absolute Gasteiger partial charge is 0.297 e. The summed E-state index contributed by atoms with van der Waals surface area (Å²) in [5, 5.41) is 3.21. The van der Waals surface area contributed by atoms with E-state index in [4.69, 9.17) is 4.42 Å². The van der Waals surface area contributed by atoms with Gasteiger partial charge in [-0.3, -0.25) is 0 Å². The second-order valence-electron chi connectivity index (χ2n) is 3.32. The van der Waals surface area contributed by atoms with Crippen LogP contribution in [0.1, 0.15) is 12.6 Å². The fraction of sp³-hybridized carbons (Fsp3) is 0.700. The summed E-state index contributed by atoms with van der Waals surface area (Å²) in [5.41, 5.74) is 0.961. The summed E-state index contributed by atoms with van der Waals surface area (Å²) < 4.78 is 5.39. The van der Waals surface area contributed by atoms with Gasteiger partial charge < -0.3 is 14.6 Å². The highest BCUT2D eigenvalue weighted by Crippen LogP contribution is 2.12. The lowest BCUT2D eigenvalue weighted by Crippen LogP contribution is -2.20. The van der Waals surface area contributed by atoms with Crippen LogP contribution in [0.25, 0.3) is 0 Å². The SMILES string of the molecule is CCNCc1coc(N(C)CCSC)n1. The molecule has 0 radical (unpaired) electrons. The molecule has 0 atom stereocenters. The number of nitrogens with zero attached hydrogens (tertiary/aromatic N) is 2. The zero-order chi connectivity index (χ0) is 11.1. The van der Waals surface area contributed by atoms with E-state index in [-0.39, 0.29) is 0 Å². The standard InChI is InChI=1S/C10H19N3OS/c1-4-11-7-9-8-14-10(12-9)13(2)5-6-15-3/h8,11H,4-7H2,1-3H3. The maximum Gasteiger partial charge on any atom is 0.297 e. The van der Waals surface area contributed by atoms with Crippen molar-refractivity contribution >= 4 is 17.8 Å². The van der Waals surface area contributed by atoms with Crippen molar-refractivity contribution in [3.63, 3.8) is 0 Å². The van der Waals surface area contributed by atoms with Crippen LogP contribution in [-0.4, -0.2) is 37.1 Å². The highest BCUT2D eigenvalue weighted by molar-refractivity contribution is 7.98. The van der Waals surface area contributed by atoms with Crippen molar-refractivity contribution in [2.24, 2.45) is 0 Å². The van der Waals surface area contributed by atoms with Crippen LogP contribution in [0, 0.1) is 0 Å². The van der Waals surface area contributed by atoms with Crippen LogP contribution < -0.4 is 10.2 Å². The maximum atomic E-state index is 5.39. The van der Waals surface area contributed by atoms with Gasteiger partial charge in [-0.2, -0.15) is 16.7 Å². The average molecular weight is 229 g/mol. The number of thioether (sulfide) groups is 1. The molecule has 1 aromatic rings. The molecular formula is C10H19N3OS. The van der Waals surface area contributed by atoms with Crippen LogP contribution in [0.2, 0.25) is 0 Å². The molecule has 1 rings (SSSR count). The lowest BCUT2D eigenvalue weighted by Gasteiger charge is -2.12. The topological polar surface area (TPSA) is 41.3 Å². The number of rotatable bonds is 7. The minimum atomic E-state index is 0.706. The van der Waals surface area contributed by atoms with E-state index >= 15 is 0 Å². The molecule has 0 bridgehead atoms. The molecule has 15 heavy (non-hydrogen) atoms. The van der Waals surface area contributed by atoms with Gasteiger partial charge in [0.15, 0.2) is 0 Å². The Morgan fingerprint density at radius 1 is 1.60 bits per heavy atom. The molecule has 0 spiro atoms. The second kappa shape index (κ2) is 6.74. The van der Waals surface area contributed by atoms with E-state index in [0.29, 0.717) is 6.01 Å². The Morgan fingerprint density at radius 2 is 2.40 bits per heavy atom. The first-order valence-corrected chi connectivity index (χ1v) is 6.52. The predicted octanol–water partition coefficient (Wildman–Crippen LogP) is 1.58. The molecule has 1 heterocycles. The Labute approximate surface area is 95.4 Å². The van der Waals surface area contributed by atoms with Crippen molar-refractivity contribution in [2.75, 3.05) is 37.0 Å². The summed E-state index contributed by atoms with van der Waals surface area (Å²) in [7, 11) is 2.00. The summed E-state index contributed by atoms with van der Waals surface area (Å²) in [6.45, 7) is 4.76. The average Bonchev–Trinajstić information content (AvgIpc) is 2.71. The Hall–Kier alpha value is -0.680. The van der Waals surface area contributed by atoms with Gasteiger partial charge in [0, 0.05) is 25.9 Å². The van der Waals surface area contributed by atoms with Gasteiger partial charge in [0.1, 0.15) is 6.26 Å². The van der Waals surface area contributed by atoms with Crippen molar-refractivity contribution in [1.82, 2.24) is 10.3 Å². The molecular weight excluding hydrogens is 210 g/mol. The number of aromatic nitrogens is 1. The zero-order valence-electron chi connectivity index (χ0n) is 9.62. The minimum Gasteiger partial charge on any atom is -0.432 e. The molecule has 4 nitrogen and oxygen atoms in total. The first kappa shape index (κ1) is 12.4. The number of anilines is 1. The van der Waals surface area contributed by atoms with E-state index in [1.807, 2.05) is 23.7 Å². The lowest BCUT2D eigenvalue weighted by molar-refractivity contribution is 0.547. The third kappa shape index (κ3) is 4.13. The fourth-order valence-corrected chi connectivity index (χ4v) is 1.59. The normalized spacial score (nSPS) is 10.6. The van der Waals surface area contributed by atoms with E-state index in [1.54, 1.807) is 6.26 Å². The largest absolute Gasteiger partial charge is 0.432 e. The predicted molar refractivity (Wildman–Crippen MR) is 65.5 cm³/mol. The van der Waals surface area contributed by atoms with Gasteiger partial charge in [-0.1, -0.05) is 6.92 Å². The van der Waals surface area contributed by atoms with Gasteiger partial charge in [-0.25, -0.2) is 0 Å². The van der Waals surface area contributed by atoms with Crippen molar-refractivity contribution in [2.45, 2.75) is 13.5 Å².